The SMILES string of the molecule is Cc1nc(N)c2ncn([C@H]3[C@H](O)[C@H](O)[C@]4(CP(=O)(O)O)C[C@H]34)c2n1. The number of nitrogens with zero attached hydrogens (tertiary/aromatic N) is 4. The third kappa shape index (κ3) is 2.11. The third-order valence-corrected chi connectivity index (χ3v) is 6.24. The zero-order chi connectivity index (χ0) is 17.4. The van der Waals surface area contributed by atoms with Gasteiger partial charge in [-0.25, -0.2) is 15.0 Å². The Morgan fingerprint density at radius 2 is 2.12 bits per heavy atom. The second-order valence-electron chi connectivity index (χ2n) is 6.77. The van der Waals surface area contributed by atoms with Crippen LogP contribution in [0.2, 0.25) is 0 Å². The smallest absolute Gasteiger partial charge is 0.326 e. The number of aliphatic hydroxyl groups excluding tert-OH is 2. The number of aromatic nitrogens is 4. The van der Waals surface area contributed by atoms with E-state index in [2.05, 4.69) is 15.0 Å². The van der Waals surface area contributed by atoms with E-state index in [1.165, 1.54) is 6.33 Å². The topological polar surface area (TPSA) is 168 Å². The molecule has 0 unspecified atom stereocenters. The Morgan fingerprint density at radius 3 is 2.79 bits per heavy atom. The molecule has 2 aliphatic rings. The minimum atomic E-state index is -4.31. The number of fused-ring (bicyclic) bond motifs is 2. The van der Waals surface area contributed by atoms with Crippen LogP contribution >= 0.6 is 7.60 Å². The van der Waals surface area contributed by atoms with Gasteiger partial charge in [0.2, 0.25) is 0 Å². The Labute approximate surface area is 136 Å². The summed E-state index contributed by atoms with van der Waals surface area (Å²) in [5.41, 5.74) is 5.72. The van der Waals surface area contributed by atoms with Crippen molar-refractivity contribution in [2.75, 3.05) is 11.9 Å². The molecule has 0 aliphatic heterocycles. The van der Waals surface area contributed by atoms with Crippen molar-refractivity contribution in [3.8, 4) is 0 Å². The first-order valence-corrected chi connectivity index (χ1v) is 9.31. The van der Waals surface area contributed by atoms with Gasteiger partial charge in [0.25, 0.3) is 0 Å². The van der Waals surface area contributed by atoms with Gasteiger partial charge in [0.1, 0.15) is 17.4 Å². The van der Waals surface area contributed by atoms with Crippen molar-refractivity contribution < 1.29 is 24.6 Å². The Hall–Kier alpha value is -1.58. The second-order valence-corrected chi connectivity index (χ2v) is 8.42. The summed E-state index contributed by atoms with van der Waals surface area (Å²) >= 11 is 0. The van der Waals surface area contributed by atoms with Gasteiger partial charge in [0, 0.05) is 5.41 Å². The van der Waals surface area contributed by atoms with E-state index in [0.29, 0.717) is 23.4 Å². The summed E-state index contributed by atoms with van der Waals surface area (Å²) < 4.78 is 13.0. The number of nitrogen functional groups attached to an aromatic ring is 1. The van der Waals surface area contributed by atoms with Gasteiger partial charge >= 0.3 is 7.60 Å². The van der Waals surface area contributed by atoms with Crippen LogP contribution in [0.15, 0.2) is 6.33 Å². The average Bonchev–Trinajstić information content (AvgIpc) is 2.90. The van der Waals surface area contributed by atoms with Gasteiger partial charge in [-0.15, -0.1) is 0 Å². The molecule has 24 heavy (non-hydrogen) atoms. The normalized spacial score (nSPS) is 35.4. The molecule has 130 valence electrons. The maximum atomic E-state index is 11.4. The first kappa shape index (κ1) is 15.9. The van der Waals surface area contributed by atoms with E-state index in [-0.39, 0.29) is 11.7 Å². The van der Waals surface area contributed by atoms with Crippen molar-refractivity contribution in [3.63, 3.8) is 0 Å². The maximum absolute atomic E-state index is 11.4. The van der Waals surface area contributed by atoms with Crippen LogP contribution in [0.4, 0.5) is 5.82 Å². The summed E-state index contributed by atoms with van der Waals surface area (Å²) in [5, 5.41) is 20.9. The predicted molar refractivity (Wildman–Crippen MR) is 83.0 cm³/mol. The predicted octanol–water partition coefficient (Wildman–Crippen LogP) is -0.823. The fourth-order valence-electron chi connectivity index (χ4n) is 4.20. The second kappa shape index (κ2) is 4.74. The summed E-state index contributed by atoms with van der Waals surface area (Å²) in [6.07, 6.45) is -0.911. The summed E-state index contributed by atoms with van der Waals surface area (Å²) in [7, 11) is -4.31. The van der Waals surface area contributed by atoms with Gasteiger partial charge in [-0.05, 0) is 19.3 Å². The number of aryl methyl sites for hydroxylation is 1. The Bertz CT molecular complexity index is 881. The monoisotopic (exact) mass is 355 g/mol. The molecule has 2 aromatic heterocycles. The first-order chi connectivity index (χ1) is 11.1. The molecule has 4 rings (SSSR count). The molecule has 2 fully saturated rings. The number of hydrogen-bond donors (Lipinski definition) is 5. The van der Waals surface area contributed by atoms with Crippen molar-refractivity contribution in [1.82, 2.24) is 19.5 Å². The lowest BCUT2D eigenvalue weighted by Crippen LogP contribution is -2.35. The number of aliphatic hydroxyl groups is 2. The zero-order valence-corrected chi connectivity index (χ0v) is 13.7. The average molecular weight is 355 g/mol. The van der Waals surface area contributed by atoms with E-state index in [0.717, 1.165) is 0 Å². The molecule has 0 aromatic carbocycles. The number of rotatable bonds is 3. The van der Waals surface area contributed by atoms with Gasteiger partial charge in [0.05, 0.1) is 24.6 Å². The molecule has 0 saturated heterocycles. The van der Waals surface area contributed by atoms with Crippen molar-refractivity contribution in [2.24, 2.45) is 11.3 Å². The number of hydrogen-bond acceptors (Lipinski definition) is 7. The third-order valence-electron chi connectivity index (χ3n) is 5.23. The maximum Gasteiger partial charge on any atom is 0.326 e. The quantitative estimate of drug-likeness (QED) is 0.442. The molecule has 0 spiro atoms. The minimum absolute atomic E-state index is 0.224. The summed E-state index contributed by atoms with van der Waals surface area (Å²) in [6.45, 7) is 1.68. The van der Waals surface area contributed by atoms with Crippen LogP contribution in [0.1, 0.15) is 18.3 Å². The van der Waals surface area contributed by atoms with Crippen LogP contribution in [0, 0.1) is 18.3 Å². The highest BCUT2D eigenvalue weighted by Gasteiger charge is 2.72. The number of anilines is 1. The molecule has 0 radical (unpaired) electrons. The van der Waals surface area contributed by atoms with Gasteiger partial charge in [0.15, 0.2) is 11.5 Å². The molecule has 11 heteroatoms. The van der Waals surface area contributed by atoms with Gasteiger partial charge in [-0.1, -0.05) is 0 Å². The van der Waals surface area contributed by atoms with Crippen LogP contribution < -0.4 is 5.73 Å². The molecule has 5 atom stereocenters. The molecule has 0 amide bonds. The van der Waals surface area contributed by atoms with Crippen LogP contribution in [-0.4, -0.2) is 57.9 Å². The molecule has 2 saturated carbocycles. The fourth-order valence-corrected chi connectivity index (χ4v) is 5.52. The van der Waals surface area contributed by atoms with E-state index in [4.69, 9.17) is 5.73 Å². The highest BCUT2D eigenvalue weighted by atomic mass is 31.2. The van der Waals surface area contributed by atoms with E-state index in [1.54, 1.807) is 11.5 Å². The van der Waals surface area contributed by atoms with Crippen molar-refractivity contribution in [1.29, 1.82) is 0 Å². The van der Waals surface area contributed by atoms with Crippen LogP contribution in [0.5, 0.6) is 0 Å². The first-order valence-electron chi connectivity index (χ1n) is 7.51. The van der Waals surface area contributed by atoms with E-state index >= 15 is 0 Å². The fraction of sp³-hybridized carbons (Fsp3) is 0.615. The van der Waals surface area contributed by atoms with E-state index < -0.39 is 37.4 Å². The number of nitrogens with two attached hydrogens (primary N) is 1. The van der Waals surface area contributed by atoms with Gasteiger partial charge < -0.3 is 30.3 Å². The van der Waals surface area contributed by atoms with Crippen molar-refractivity contribution >= 4 is 24.6 Å². The van der Waals surface area contributed by atoms with Gasteiger partial charge in [-0.2, -0.15) is 0 Å². The number of imidazole rings is 1. The molecule has 6 N–H and O–H groups in total. The molecule has 2 aromatic rings. The lowest BCUT2D eigenvalue weighted by Gasteiger charge is -2.24. The highest BCUT2D eigenvalue weighted by molar-refractivity contribution is 7.51. The summed E-state index contributed by atoms with van der Waals surface area (Å²) in [5.74, 6) is 0.414. The molecule has 2 aliphatic carbocycles. The van der Waals surface area contributed by atoms with Crippen LogP contribution in [0.3, 0.4) is 0 Å². The summed E-state index contributed by atoms with van der Waals surface area (Å²) in [4.78, 5) is 31.1. The highest BCUT2D eigenvalue weighted by Crippen LogP contribution is 2.71. The minimum Gasteiger partial charge on any atom is -0.390 e. The molecule has 2 heterocycles. The van der Waals surface area contributed by atoms with Crippen molar-refractivity contribution in [2.45, 2.75) is 31.6 Å². The standard InChI is InChI=1S/C13H18N5O5P/c1-5-16-11(14)7-12(17-5)18(4-15-7)8-6-2-13(6,3-24(21,22)23)10(20)9(8)19/h4,6,8-10,19-20H,2-3H2,1H3,(H2,14,16,17)(H2,21,22,23)/t6-,8-,9+,10+,13+/m1/s1. The largest absolute Gasteiger partial charge is 0.390 e. The van der Waals surface area contributed by atoms with Crippen LogP contribution in [-0.2, 0) is 4.57 Å². The molecule has 10 nitrogen and oxygen atoms in total. The van der Waals surface area contributed by atoms with Crippen LogP contribution in [0.25, 0.3) is 11.2 Å². The zero-order valence-electron chi connectivity index (χ0n) is 12.8. The van der Waals surface area contributed by atoms with Gasteiger partial charge in [-0.3, -0.25) is 4.57 Å². The lowest BCUT2D eigenvalue weighted by molar-refractivity contribution is -0.0137. The Kier molecular flexibility index (Phi) is 3.14. The lowest BCUT2D eigenvalue weighted by atomic mass is 10.0. The molecular weight excluding hydrogens is 337 g/mol. The van der Waals surface area contributed by atoms with E-state index in [1.807, 2.05) is 0 Å². The summed E-state index contributed by atoms with van der Waals surface area (Å²) in [6, 6.07) is -0.565. The van der Waals surface area contributed by atoms with E-state index in [9.17, 15) is 24.6 Å². The molecular formula is C13H18N5O5P. The molecule has 0 bridgehead atoms. The van der Waals surface area contributed by atoms with Crippen molar-refractivity contribution in [3.05, 3.63) is 12.2 Å². The Morgan fingerprint density at radius 1 is 1.42 bits per heavy atom. The Balaban J connectivity index is 1.78.